The molecule has 0 atom stereocenters. The van der Waals surface area contributed by atoms with Gasteiger partial charge in [0.05, 0.1) is 29.6 Å². The first-order valence-electron chi connectivity index (χ1n) is 9.82. The van der Waals surface area contributed by atoms with Gasteiger partial charge in [-0.15, -0.1) is 11.3 Å². The number of rotatable bonds is 4. The Morgan fingerprint density at radius 2 is 1.93 bits per heavy atom. The summed E-state index contributed by atoms with van der Waals surface area (Å²) in [4.78, 5) is 11.9. The van der Waals surface area contributed by atoms with E-state index in [1.54, 1.807) is 11.3 Å². The Morgan fingerprint density at radius 1 is 1.10 bits per heavy atom. The minimum absolute atomic E-state index is 0.753. The molecule has 148 valence electrons. The summed E-state index contributed by atoms with van der Waals surface area (Å²) < 4.78 is 5.45. The third-order valence-electron chi connectivity index (χ3n) is 5.21. The van der Waals surface area contributed by atoms with Crippen LogP contribution in [0.25, 0.3) is 17.5 Å². The normalized spacial score (nSPS) is 15.7. The summed E-state index contributed by atoms with van der Waals surface area (Å²) in [6.45, 7) is 6.23. The molecule has 0 aliphatic carbocycles. The summed E-state index contributed by atoms with van der Waals surface area (Å²) >= 11 is 1.65. The van der Waals surface area contributed by atoms with Crippen molar-refractivity contribution in [3.63, 3.8) is 0 Å². The molecule has 7 heteroatoms. The minimum Gasteiger partial charge on any atom is -0.387 e. The highest BCUT2D eigenvalue weighted by Crippen LogP contribution is 2.31. The number of pyridine rings is 1. The molecule has 0 unspecified atom stereocenters. The molecule has 6 nitrogen and oxygen atoms in total. The van der Waals surface area contributed by atoms with Gasteiger partial charge < -0.3 is 20.3 Å². The Labute approximate surface area is 174 Å². The molecule has 3 aromatic rings. The first-order chi connectivity index (χ1) is 14.3. The molecule has 1 saturated heterocycles. The number of hydrogen-bond donors (Lipinski definition) is 2. The molecule has 1 aromatic carbocycles. The zero-order valence-corrected chi connectivity index (χ0v) is 17.1. The van der Waals surface area contributed by atoms with Crippen molar-refractivity contribution >= 4 is 34.6 Å². The van der Waals surface area contributed by atoms with Crippen LogP contribution in [-0.2, 0) is 11.3 Å². The van der Waals surface area contributed by atoms with Crippen LogP contribution in [0.15, 0.2) is 41.9 Å². The van der Waals surface area contributed by atoms with Crippen LogP contribution in [0.5, 0.6) is 0 Å². The fourth-order valence-electron chi connectivity index (χ4n) is 3.67. The molecule has 2 aromatic heterocycles. The first kappa shape index (κ1) is 18.1. The Balaban J connectivity index is 1.45. The van der Waals surface area contributed by atoms with E-state index in [4.69, 9.17) is 9.72 Å². The summed E-state index contributed by atoms with van der Waals surface area (Å²) in [7, 11) is 0. The highest BCUT2D eigenvalue weighted by Gasteiger charge is 2.16. The summed E-state index contributed by atoms with van der Waals surface area (Å²) in [5.41, 5.74) is 6.41. The van der Waals surface area contributed by atoms with E-state index < -0.39 is 0 Å². The third kappa shape index (κ3) is 3.83. The largest absolute Gasteiger partial charge is 0.387 e. The van der Waals surface area contributed by atoms with E-state index >= 15 is 0 Å². The zero-order valence-electron chi connectivity index (χ0n) is 16.3. The molecule has 0 amide bonds. The van der Waals surface area contributed by atoms with Gasteiger partial charge in [-0.1, -0.05) is 0 Å². The number of morpholine rings is 1. The number of fused-ring (bicyclic) bond motifs is 1. The molecule has 0 spiro atoms. The van der Waals surface area contributed by atoms with Crippen molar-refractivity contribution in [2.75, 3.05) is 36.5 Å². The van der Waals surface area contributed by atoms with Crippen molar-refractivity contribution < 1.29 is 4.74 Å². The predicted molar refractivity (Wildman–Crippen MR) is 119 cm³/mol. The standard InChI is InChI=1S/C22H23N5OS/c1-15-24-21(14-29-15)20-12-16-6-7-23-13-19(16)22(26-20)25-17-2-4-18(5-3-17)27-8-10-28-11-9-27/h2-7,12,14,23H,8-11,13H2,1H3,(H,25,26). The van der Waals surface area contributed by atoms with Crippen molar-refractivity contribution in [2.45, 2.75) is 13.5 Å². The van der Waals surface area contributed by atoms with Crippen LogP contribution in [0.4, 0.5) is 17.2 Å². The van der Waals surface area contributed by atoms with Gasteiger partial charge in [-0.2, -0.15) is 0 Å². The van der Waals surface area contributed by atoms with Gasteiger partial charge >= 0.3 is 0 Å². The van der Waals surface area contributed by atoms with E-state index in [9.17, 15) is 0 Å². The second-order valence-electron chi connectivity index (χ2n) is 7.16. The van der Waals surface area contributed by atoms with Crippen LogP contribution in [0.1, 0.15) is 16.1 Å². The van der Waals surface area contributed by atoms with Crippen LogP contribution in [0.3, 0.4) is 0 Å². The van der Waals surface area contributed by atoms with Crippen LogP contribution >= 0.6 is 11.3 Å². The molecular formula is C22H23N5OS. The van der Waals surface area contributed by atoms with Crippen molar-refractivity contribution in [2.24, 2.45) is 0 Å². The molecule has 2 aliphatic rings. The average Bonchev–Trinajstić information content (AvgIpc) is 3.21. The molecule has 2 N–H and O–H groups in total. The summed E-state index contributed by atoms with van der Waals surface area (Å²) in [6, 6.07) is 10.7. The van der Waals surface area contributed by atoms with Crippen LogP contribution in [-0.4, -0.2) is 36.3 Å². The molecule has 0 saturated carbocycles. The van der Waals surface area contributed by atoms with E-state index in [-0.39, 0.29) is 0 Å². The Morgan fingerprint density at radius 3 is 2.69 bits per heavy atom. The second-order valence-corrected chi connectivity index (χ2v) is 8.22. The lowest BCUT2D eigenvalue weighted by molar-refractivity contribution is 0.122. The van der Waals surface area contributed by atoms with E-state index in [1.807, 2.05) is 13.1 Å². The Kier molecular flexibility index (Phi) is 4.91. The Bertz CT molecular complexity index is 1040. The summed E-state index contributed by atoms with van der Waals surface area (Å²) in [6.07, 6.45) is 4.08. The third-order valence-corrected chi connectivity index (χ3v) is 5.98. The number of nitrogens with zero attached hydrogens (tertiary/aromatic N) is 3. The maximum atomic E-state index is 5.45. The van der Waals surface area contributed by atoms with Crippen molar-refractivity contribution in [3.8, 4) is 11.4 Å². The van der Waals surface area contributed by atoms with Gasteiger partial charge in [0, 0.05) is 42.0 Å². The smallest absolute Gasteiger partial charge is 0.136 e. The van der Waals surface area contributed by atoms with Crippen molar-refractivity contribution in [1.82, 2.24) is 15.3 Å². The lowest BCUT2D eigenvalue weighted by Gasteiger charge is -2.29. The molecule has 5 rings (SSSR count). The van der Waals surface area contributed by atoms with Gasteiger partial charge in [0.25, 0.3) is 0 Å². The minimum atomic E-state index is 0.753. The van der Waals surface area contributed by atoms with Gasteiger partial charge in [0.15, 0.2) is 0 Å². The molecule has 2 aliphatic heterocycles. The molecule has 0 bridgehead atoms. The van der Waals surface area contributed by atoms with Crippen molar-refractivity contribution in [3.05, 3.63) is 58.0 Å². The van der Waals surface area contributed by atoms with Crippen molar-refractivity contribution in [1.29, 1.82) is 0 Å². The zero-order chi connectivity index (χ0) is 19.6. The molecule has 0 radical (unpaired) electrons. The van der Waals surface area contributed by atoms with E-state index in [2.05, 4.69) is 62.3 Å². The highest BCUT2D eigenvalue weighted by molar-refractivity contribution is 7.09. The lowest BCUT2D eigenvalue weighted by atomic mass is 10.0. The topological polar surface area (TPSA) is 62.3 Å². The summed E-state index contributed by atoms with van der Waals surface area (Å²) in [5, 5.41) is 9.93. The lowest BCUT2D eigenvalue weighted by Crippen LogP contribution is -2.36. The van der Waals surface area contributed by atoms with Gasteiger partial charge in [-0.3, -0.25) is 0 Å². The molecule has 29 heavy (non-hydrogen) atoms. The number of anilines is 3. The number of hydrogen-bond acceptors (Lipinski definition) is 7. The van der Waals surface area contributed by atoms with Crippen LogP contribution < -0.4 is 15.5 Å². The van der Waals surface area contributed by atoms with Gasteiger partial charge in [0.1, 0.15) is 5.82 Å². The van der Waals surface area contributed by atoms with E-state index in [0.717, 1.165) is 60.7 Å². The van der Waals surface area contributed by atoms with Gasteiger partial charge in [-0.25, -0.2) is 9.97 Å². The van der Waals surface area contributed by atoms with Gasteiger partial charge in [0.2, 0.25) is 0 Å². The maximum Gasteiger partial charge on any atom is 0.136 e. The fraction of sp³-hybridized carbons (Fsp3) is 0.273. The number of nitrogens with one attached hydrogen (secondary N) is 2. The first-order valence-corrected chi connectivity index (χ1v) is 10.7. The number of thiazole rings is 1. The number of aryl methyl sites for hydroxylation is 1. The number of aromatic nitrogens is 2. The molecular weight excluding hydrogens is 382 g/mol. The maximum absolute atomic E-state index is 5.45. The van der Waals surface area contributed by atoms with E-state index in [0.29, 0.717) is 0 Å². The van der Waals surface area contributed by atoms with Crippen LogP contribution in [0, 0.1) is 6.92 Å². The predicted octanol–water partition coefficient (Wildman–Crippen LogP) is 4.17. The monoisotopic (exact) mass is 405 g/mol. The second kappa shape index (κ2) is 7.85. The van der Waals surface area contributed by atoms with E-state index in [1.165, 1.54) is 16.8 Å². The summed E-state index contributed by atoms with van der Waals surface area (Å²) in [5.74, 6) is 0.874. The average molecular weight is 406 g/mol. The quantitative estimate of drug-likeness (QED) is 0.679. The molecule has 4 heterocycles. The Hall–Kier alpha value is -2.90. The SMILES string of the molecule is Cc1nc(-c2cc3c(c(Nc4ccc(N5CCOCC5)cc4)n2)CNC=C3)cs1. The van der Waals surface area contributed by atoms with Gasteiger partial charge in [-0.05, 0) is 55.1 Å². The number of benzene rings is 1. The highest BCUT2D eigenvalue weighted by atomic mass is 32.1. The number of ether oxygens (including phenoxy) is 1. The molecule has 1 fully saturated rings. The van der Waals surface area contributed by atoms with Crippen LogP contribution in [0.2, 0.25) is 0 Å². The fourth-order valence-corrected chi connectivity index (χ4v) is 4.27.